The summed E-state index contributed by atoms with van der Waals surface area (Å²) in [7, 11) is 1.74. The standard InChI is InChI=1S/C13H15N5O2/c1-17-9-12(15-16-17)13(19)18-7-4-11(8-18)20-10-2-5-14-6-3-10/h2-3,5-6,9,11H,4,7-8H2,1H3/t11-/m1/s1. The van der Waals surface area contributed by atoms with Crippen molar-refractivity contribution in [1.82, 2.24) is 24.9 Å². The molecule has 1 atom stereocenters. The Balaban J connectivity index is 1.61. The average Bonchev–Trinajstić information content (AvgIpc) is 3.08. The van der Waals surface area contributed by atoms with Crippen LogP contribution in [-0.2, 0) is 7.05 Å². The fourth-order valence-corrected chi connectivity index (χ4v) is 2.23. The molecule has 1 aliphatic heterocycles. The summed E-state index contributed by atoms with van der Waals surface area (Å²) < 4.78 is 7.34. The molecule has 3 rings (SSSR count). The Bertz CT molecular complexity index is 598. The van der Waals surface area contributed by atoms with E-state index in [1.807, 2.05) is 12.1 Å². The van der Waals surface area contributed by atoms with E-state index in [9.17, 15) is 4.79 Å². The van der Waals surface area contributed by atoms with Gasteiger partial charge >= 0.3 is 0 Å². The molecule has 0 bridgehead atoms. The number of hydrogen-bond donors (Lipinski definition) is 0. The molecule has 104 valence electrons. The van der Waals surface area contributed by atoms with E-state index < -0.39 is 0 Å². The minimum absolute atomic E-state index is 0.0121. The number of ether oxygens (including phenoxy) is 1. The van der Waals surface area contributed by atoms with E-state index in [0.717, 1.165) is 12.2 Å². The maximum absolute atomic E-state index is 12.2. The number of aryl methyl sites for hydroxylation is 1. The minimum Gasteiger partial charge on any atom is -0.488 e. The van der Waals surface area contributed by atoms with Crippen LogP contribution in [0.1, 0.15) is 16.9 Å². The smallest absolute Gasteiger partial charge is 0.276 e. The van der Waals surface area contributed by atoms with Crippen molar-refractivity contribution in [3.05, 3.63) is 36.4 Å². The Kier molecular flexibility index (Phi) is 3.32. The number of amides is 1. The number of rotatable bonds is 3. The Morgan fingerprint density at radius 1 is 1.40 bits per heavy atom. The summed E-state index contributed by atoms with van der Waals surface area (Å²) >= 11 is 0. The van der Waals surface area contributed by atoms with E-state index in [-0.39, 0.29) is 12.0 Å². The second-order valence-electron chi connectivity index (χ2n) is 4.74. The monoisotopic (exact) mass is 273 g/mol. The molecular weight excluding hydrogens is 258 g/mol. The highest BCUT2D eigenvalue weighted by Crippen LogP contribution is 2.18. The van der Waals surface area contributed by atoms with Gasteiger partial charge in [0.1, 0.15) is 11.9 Å². The predicted molar refractivity (Wildman–Crippen MR) is 70.2 cm³/mol. The van der Waals surface area contributed by atoms with Crippen molar-refractivity contribution in [1.29, 1.82) is 0 Å². The van der Waals surface area contributed by atoms with Gasteiger partial charge in [-0.1, -0.05) is 5.21 Å². The number of carbonyl (C=O) groups excluding carboxylic acids is 1. The Morgan fingerprint density at radius 3 is 2.90 bits per heavy atom. The molecule has 0 aliphatic carbocycles. The molecule has 3 heterocycles. The fourth-order valence-electron chi connectivity index (χ4n) is 2.23. The molecule has 2 aromatic rings. The van der Waals surface area contributed by atoms with Crippen molar-refractivity contribution in [3.8, 4) is 5.75 Å². The van der Waals surface area contributed by atoms with Crippen molar-refractivity contribution in [2.75, 3.05) is 13.1 Å². The normalized spacial score (nSPS) is 18.2. The van der Waals surface area contributed by atoms with Crippen LogP contribution in [0, 0.1) is 0 Å². The number of carbonyl (C=O) groups is 1. The second-order valence-corrected chi connectivity index (χ2v) is 4.74. The van der Waals surface area contributed by atoms with Crippen molar-refractivity contribution in [2.24, 2.45) is 7.05 Å². The van der Waals surface area contributed by atoms with Crippen LogP contribution in [0.5, 0.6) is 5.75 Å². The molecule has 0 N–H and O–H groups in total. The molecule has 7 nitrogen and oxygen atoms in total. The Morgan fingerprint density at radius 2 is 2.20 bits per heavy atom. The van der Waals surface area contributed by atoms with Crippen molar-refractivity contribution in [3.63, 3.8) is 0 Å². The van der Waals surface area contributed by atoms with Gasteiger partial charge in [-0.15, -0.1) is 5.10 Å². The minimum atomic E-state index is -0.0982. The van der Waals surface area contributed by atoms with Crippen molar-refractivity contribution in [2.45, 2.75) is 12.5 Å². The van der Waals surface area contributed by atoms with Crippen LogP contribution in [0.2, 0.25) is 0 Å². The van der Waals surface area contributed by atoms with Gasteiger partial charge in [0.05, 0.1) is 12.7 Å². The molecule has 0 aromatic carbocycles. The average molecular weight is 273 g/mol. The molecule has 0 unspecified atom stereocenters. The molecule has 0 radical (unpaired) electrons. The lowest BCUT2D eigenvalue weighted by atomic mass is 10.3. The molecule has 1 aliphatic rings. The van der Waals surface area contributed by atoms with Gasteiger partial charge in [-0.05, 0) is 12.1 Å². The third-order valence-electron chi connectivity index (χ3n) is 3.21. The van der Waals surface area contributed by atoms with Crippen LogP contribution < -0.4 is 4.74 Å². The molecule has 2 aromatic heterocycles. The number of nitrogens with zero attached hydrogens (tertiary/aromatic N) is 5. The number of likely N-dealkylation sites (tertiary alicyclic amines) is 1. The van der Waals surface area contributed by atoms with Crippen LogP contribution in [-0.4, -0.2) is 50.0 Å². The van der Waals surface area contributed by atoms with E-state index in [1.54, 1.807) is 30.5 Å². The molecular formula is C13H15N5O2. The van der Waals surface area contributed by atoms with E-state index in [1.165, 1.54) is 4.68 Å². The molecule has 1 saturated heterocycles. The van der Waals surface area contributed by atoms with Crippen LogP contribution in [0.3, 0.4) is 0 Å². The van der Waals surface area contributed by atoms with Gasteiger partial charge in [-0.25, -0.2) is 0 Å². The summed E-state index contributed by atoms with van der Waals surface area (Å²) in [5.74, 6) is 0.678. The quantitative estimate of drug-likeness (QED) is 0.814. The first-order chi connectivity index (χ1) is 9.72. The highest BCUT2D eigenvalue weighted by Gasteiger charge is 2.29. The SMILES string of the molecule is Cn1cc(C(=O)N2CC[C@@H](Oc3ccncc3)C2)nn1. The topological polar surface area (TPSA) is 73.1 Å². The molecule has 7 heteroatoms. The summed E-state index contributed by atoms with van der Waals surface area (Å²) in [6.07, 6.45) is 5.82. The van der Waals surface area contributed by atoms with Crippen molar-refractivity contribution >= 4 is 5.91 Å². The number of aromatic nitrogens is 4. The highest BCUT2D eigenvalue weighted by atomic mass is 16.5. The zero-order chi connectivity index (χ0) is 13.9. The van der Waals surface area contributed by atoms with Gasteiger partial charge in [0.25, 0.3) is 5.91 Å². The van der Waals surface area contributed by atoms with Gasteiger partial charge in [-0.2, -0.15) is 0 Å². The van der Waals surface area contributed by atoms with Gasteiger partial charge in [-0.3, -0.25) is 14.5 Å². The maximum atomic E-state index is 12.2. The first-order valence-corrected chi connectivity index (χ1v) is 6.44. The summed E-state index contributed by atoms with van der Waals surface area (Å²) in [6, 6.07) is 3.63. The number of pyridine rings is 1. The zero-order valence-corrected chi connectivity index (χ0v) is 11.1. The number of hydrogen-bond acceptors (Lipinski definition) is 5. The molecule has 1 fully saturated rings. The van der Waals surface area contributed by atoms with Crippen LogP contribution in [0.4, 0.5) is 0 Å². The van der Waals surface area contributed by atoms with E-state index in [4.69, 9.17) is 4.74 Å². The summed E-state index contributed by atoms with van der Waals surface area (Å²) in [5.41, 5.74) is 0.372. The van der Waals surface area contributed by atoms with Gasteiger partial charge in [0.2, 0.25) is 0 Å². The second kappa shape index (κ2) is 5.28. The largest absolute Gasteiger partial charge is 0.488 e. The van der Waals surface area contributed by atoms with E-state index in [0.29, 0.717) is 18.8 Å². The third kappa shape index (κ3) is 2.61. The van der Waals surface area contributed by atoms with Crippen LogP contribution >= 0.6 is 0 Å². The fraction of sp³-hybridized carbons (Fsp3) is 0.385. The molecule has 0 spiro atoms. The lowest BCUT2D eigenvalue weighted by Gasteiger charge is -2.15. The maximum Gasteiger partial charge on any atom is 0.276 e. The highest BCUT2D eigenvalue weighted by molar-refractivity contribution is 5.92. The third-order valence-corrected chi connectivity index (χ3v) is 3.21. The van der Waals surface area contributed by atoms with E-state index in [2.05, 4.69) is 15.3 Å². The molecule has 1 amide bonds. The van der Waals surface area contributed by atoms with Gasteiger partial charge < -0.3 is 9.64 Å². The summed E-state index contributed by atoms with van der Waals surface area (Å²) in [4.78, 5) is 17.9. The summed E-state index contributed by atoms with van der Waals surface area (Å²) in [6.45, 7) is 1.24. The zero-order valence-electron chi connectivity index (χ0n) is 11.1. The lowest BCUT2D eigenvalue weighted by Crippen LogP contribution is -2.31. The molecule has 20 heavy (non-hydrogen) atoms. The van der Waals surface area contributed by atoms with Crippen LogP contribution in [0.25, 0.3) is 0 Å². The van der Waals surface area contributed by atoms with Crippen LogP contribution in [0.15, 0.2) is 30.7 Å². The van der Waals surface area contributed by atoms with E-state index >= 15 is 0 Å². The van der Waals surface area contributed by atoms with Crippen molar-refractivity contribution < 1.29 is 9.53 Å². The predicted octanol–water partition coefficient (Wildman–Crippen LogP) is 0.504. The first-order valence-electron chi connectivity index (χ1n) is 6.44. The Labute approximate surface area is 116 Å². The molecule has 0 saturated carbocycles. The van der Waals surface area contributed by atoms with Gasteiger partial charge in [0, 0.05) is 32.4 Å². The first kappa shape index (κ1) is 12.6. The Hall–Kier alpha value is -2.44. The lowest BCUT2D eigenvalue weighted by molar-refractivity contribution is 0.0766. The van der Waals surface area contributed by atoms with Gasteiger partial charge in [0.15, 0.2) is 5.69 Å². The summed E-state index contributed by atoms with van der Waals surface area (Å²) in [5, 5.41) is 7.62.